The number of nitrogens with two attached hydrogens (primary N) is 1. The van der Waals surface area contributed by atoms with Crippen LogP contribution in [0.2, 0.25) is 0 Å². The number of nitrogens with zero attached hydrogens (tertiary/aromatic N) is 2. The summed E-state index contributed by atoms with van der Waals surface area (Å²) in [7, 11) is -2.03. The van der Waals surface area contributed by atoms with Gasteiger partial charge in [0.05, 0.1) is 11.8 Å². The molecule has 134 valence electrons. The minimum atomic E-state index is -3.92. The fraction of sp³-hybridized carbons (Fsp3) is 0.167. The van der Waals surface area contributed by atoms with Gasteiger partial charge in [0.2, 0.25) is 0 Å². The number of fused-ring (bicyclic) bond motifs is 1. The van der Waals surface area contributed by atoms with Crippen molar-refractivity contribution in [1.29, 1.82) is 5.26 Å². The van der Waals surface area contributed by atoms with Gasteiger partial charge in [-0.05, 0) is 35.4 Å². The molecular weight excluding hydrogens is 352 g/mol. The van der Waals surface area contributed by atoms with Crippen molar-refractivity contribution in [2.75, 3.05) is 11.9 Å². The molecule has 26 heavy (non-hydrogen) atoms. The van der Waals surface area contributed by atoms with Gasteiger partial charge in [-0.2, -0.15) is 18.4 Å². The van der Waals surface area contributed by atoms with Crippen LogP contribution in [-0.4, -0.2) is 21.5 Å². The monoisotopic (exact) mass is 370 g/mol. The van der Waals surface area contributed by atoms with E-state index in [1.165, 1.54) is 0 Å². The predicted octanol–water partition coefficient (Wildman–Crippen LogP) is 1.88. The molecule has 3 N–H and O–H groups in total. The molecule has 7 nitrogen and oxygen atoms in total. The lowest BCUT2D eigenvalue weighted by atomic mass is 10.0. The highest BCUT2D eigenvalue weighted by molar-refractivity contribution is 7.87. The minimum absolute atomic E-state index is 0.230. The molecule has 0 aliphatic carbocycles. The second-order valence-corrected chi connectivity index (χ2v) is 7.31. The second kappa shape index (κ2) is 6.80. The molecule has 1 aliphatic rings. The van der Waals surface area contributed by atoms with Crippen molar-refractivity contribution < 1.29 is 13.2 Å². The van der Waals surface area contributed by atoms with Crippen molar-refractivity contribution >= 4 is 15.9 Å². The van der Waals surface area contributed by atoms with Gasteiger partial charge in [-0.3, -0.25) is 0 Å². The first-order valence-electron chi connectivity index (χ1n) is 7.80. The Hall–Kier alpha value is -2.86. The fourth-order valence-corrected chi connectivity index (χ4v) is 3.29. The van der Waals surface area contributed by atoms with E-state index in [0.29, 0.717) is 5.88 Å². The van der Waals surface area contributed by atoms with E-state index in [2.05, 4.69) is 11.3 Å². The fourth-order valence-electron chi connectivity index (χ4n) is 2.76. The van der Waals surface area contributed by atoms with Gasteiger partial charge in [0.15, 0.2) is 11.6 Å². The predicted molar refractivity (Wildman–Crippen MR) is 99.4 cm³/mol. The van der Waals surface area contributed by atoms with Crippen LogP contribution < -0.4 is 19.5 Å². The Morgan fingerprint density at radius 1 is 1.27 bits per heavy atom. The Morgan fingerprint density at radius 2 is 1.92 bits per heavy atom. The number of rotatable bonds is 5. The molecule has 0 radical (unpaired) electrons. The van der Waals surface area contributed by atoms with Crippen molar-refractivity contribution in [2.24, 2.45) is 5.14 Å². The Labute approximate surface area is 152 Å². The molecule has 1 atom stereocenters. The van der Waals surface area contributed by atoms with Gasteiger partial charge in [-0.1, -0.05) is 30.3 Å². The molecule has 0 bridgehead atoms. The molecule has 0 saturated carbocycles. The van der Waals surface area contributed by atoms with Crippen LogP contribution in [0.1, 0.15) is 5.56 Å². The zero-order valence-corrected chi connectivity index (χ0v) is 15.0. The number of hydrogen-bond donors (Lipinski definition) is 2. The van der Waals surface area contributed by atoms with Gasteiger partial charge in [0.25, 0.3) is 10.2 Å². The Morgan fingerprint density at radius 3 is 2.54 bits per heavy atom. The Balaban J connectivity index is 1.78. The molecule has 0 saturated heterocycles. The van der Waals surface area contributed by atoms with Crippen LogP contribution in [0.3, 0.4) is 0 Å². The summed E-state index contributed by atoms with van der Waals surface area (Å²) in [5, 5.41) is 14.0. The standard InChI is InChI=1S/C18H18N4O3S/c1-12-22(2)17-10-15(7-8-18(17)25-12)14-5-3-13(4-6-14)9-16(11-19)21-26(20,23)24/h3-8,10,16,21H,1,9H2,2H3,(H2,20,23,24). The SMILES string of the molecule is C=C1Oc2ccc(-c3ccc(CC(C#N)NS(N)(=O)=O)cc3)cc2N1C. The van der Waals surface area contributed by atoms with E-state index in [1.807, 2.05) is 60.5 Å². The lowest BCUT2D eigenvalue weighted by Crippen LogP contribution is -2.39. The molecular formula is C18H18N4O3S. The van der Waals surface area contributed by atoms with Crippen molar-refractivity contribution in [1.82, 2.24) is 4.72 Å². The number of nitriles is 1. The summed E-state index contributed by atoms with van der Waals surface area (Å²) in [5.41, 5.74) is 3.78. The highest BCUT2D eigenvalue weighted by Crippen LogP contribution is 2.39. The van der Waals surface area contributed by atoms with Gasteiger partial charge >= 0.3 is 0 Å². The summed E-state index contributed by atoms with van der Waals surface area (Å²) in [5.74, 6) is 1.35. The third kappa shape index (κ3) is 3.86. The van der Waals surface area contributed by atoms with Crippen LogP contribution in [0.15, 0.2) is 54.9 Å². The molecule has 1 heterocycles. The molecule has 0 aromatic heterocycles. The van der Waals surface area contributed by atoms with Crippen molar-refractivity contribution in [3.8, 4) is 22.9 Å². The summed E-state index contributed by atoms with van der Waals surface area (Å²) in [4.78, 5) is 1.88. The summed E-state index contributed by atoms with van der Waals surface area (Å²) in [6.45, 7) is 3.84. The van der Waals surface area contributed by atoms with Crippen LogP contribution in [-0.2, 0) is 16.6 Å². The van der Waals surface area contributed by atoms with E-state index in [4.69, 9.17) is 15.1 Å². The molecule has 0 amide bonds. The maximum absolute atomic E-state index is 11.1. The van der Waals surface area contributed by atoms with Crippen LogP contribution >= 0.6 is 0 Å². The molecule has 1 aliphatic heterocycles. The van der Waals surface area contributed by atoms with E-state index < -0.39 is 16.3 Å². The highest BCUT2D eigenvalue weighted by atomic mass is 32.2. The first-order valence-corrected chi connectivity index (χ1v) is 9.35. The van der Waals surface area contributed by atoms with Crippen LogP contribution in [0.5, 0.6) is 5.75 Å². The second-order valence-electron chi connectivity index (χ2n) is 5.98. The smallest absolute Gasteiger partial charge is 0.275 e. The molecule has 2 aromatic rings. The first-order chi connectivity index (χ1) is 12.3. The third-order valence-electron chi connectivity index (χ3n) is 4.11. The Kier molecular flexibility index (Phi) is 4.70. The van der Waals surface area contributed by atoms with E-state index in [1.54, 1.807) is 0 Å². The topological polar surface area (TPSA) is 108 Å². The summed E-state index contributed by atoms with van der Waals surface area (Å²) < 4.78 is 29.8. The van der Waals surface area contributed by atoms with Gasteiger partial charge in [0, 0.05) is 13.5 Å². The van der Waals surface area contributed by atoms with Gasteiger partial charge in [-0.25, -0.2) is 5.14 Å². The largest absolute Gasteiger partial charge is 0.439 e. The molecule has 2 aromatic carbocycles. The van der Waals surface area contributed by atoms with Crippen molar-refractivity contribution in [3.05, 3.63) is 60.5 Å². The van der Waals surface area contributed by atoms with Crippen molar-refractivity contribution in [2.45, 2.75) is 12.5 Å². The highest BCUT2D eigenvalue weighted by Gasteiger charge is 2.21. The Bertz CT molecular complexity index is 994. The van der Waals surface area contributed by atoms with Crippen LogP contribution in [0.4, 0.5) is 5.69 Å². The quantitative estimate of drug-likeness (QED) is 0.835. The average Bonchev–Trinajstić information content (AvgIpc) is 2.88. The lowest BCUT2D eigenvalue weighted by molar-refractivity contribution is 0.446. The van der Waals surface area contributed by atoms with Crippen LogP contribution in [0, 0.1) is 11.3 Å². The maximum Gasteiger partial charge on any atom is 0.275 e. The summed E-state index contributed by atoms with van der Waals surface area (Å²) in [6.07, 6.45) is 0.230. The minimum Gasteiger partial charge on any atom is -0.439 e. The average molecular weight is 370 g/mol. The van der Waals surface area contributed by atoms with E-state index in [0.717, 1.165) is 28.1 Å². The number of ether oxygens (including phenoxy) is 1. The molecule has 1 unspecified atom stereocenters. The molecule has 0 spiro atoms. The van der Waals surface area contributed by atoms with E-state index >= 15 is 0 Å². The van der Waals surface area contributed by atoms with Gasteiger partial charge < -0.3 is 9.64 Å². The molecule has 8 heteroatoms. The lowest BCUT2D eigenvalue weighted by Gasteiger charge is -2.12. The molecule has 3 rings (SSSR count). The maximum atomic E-state index is 11.1. The van der Waals surface area contributed by atoms with Gasteiger partial charge in [0.1, 0.15) is 6.04 Å². The number of nitrogens with one attached hydrogen (secondary N) is 1. The summed E-state index contributed by atoms with van der Waals surface area (Å²) >= 11 is 0. The van der Waals surface area contributed by atoms with E-state index in [-0.39, 0.29) is 6.42 Å². The van der Waals surface area contributed by atoms with Gasteiger partial charge in [-0.15, -0.1) is 0 Å². The number of hydrogen-bond acceptors (Lipinski definition) is 5. The molecule has 0 fully saturated rings. The number of anilines is 1. The third-order valence-corrected chi connectivity index (χ3v) is 4.72. The number of benzene rings is 2. The zero-order valence-electron chi connectivity index (χ0n) is 14.1. The normalized spacial score (nSPS) is 14.5. The first kappa shape index (κ1) is 17.9. The summed E-state index contributed by atoms with van der Waals surface area (Å²) in [6, 6.07) is 14.4. The van der Waals surface area contributed by atoms with Crippen LogP contribution in [0.25, 0.3) is 11.1 Å². The van der Waals surface area contributed by atoms with Crippen molar-refractivity contribution in [3.63, 3.8) is 0 Å². The van der Waals surface area contributed by atoms with E-state index in [9.17, 15) is 8.42 Å². The zero-order chi connectivity index (χ0) is 18.9.